The molecule has 0 heterocycles. The summed E-state index contributed by atoms with van der Waals surface area (Å²) < 4.78 is 0. The fraction of sp³-hybridized carbons (Fsp3) is 0.571. The van der Waals surface area contributed by atoms with Gasteiger partial charge in [-0.05, 0) is 37.8 Å². The molecule has 2 atom stereocenters. The van der Waals surface area contributed by atoms with Crippen LogP contribution in [0.15, 0.2) is 24.3 Å². The van der Waals surface area contributed by atoms with Crippen molar-refractivity contribution in [1.29, 1.82) is 0 Å². The molecule has 1 heteroatoms. The van der Waals surface area contributed by atoms with Crippen LogP contribution < -0.4 is 5.32 Å². The summed E-state index contributed by atoms with van der Waals surface area (Å²) in [4.78, 5) is 0. The number of aryl methyl sites for hydroxylation is 1. The first kappa shape index (κ1) is 12.3. The molecule has 84 valence electrons. The van der Waals surface area contributed by atoms with Crippen LogP contribution in [0, 0.1) is 0 Å². The number of hydrogen-bond acceptors (Lipinski definition) is 1. The summed E-state index contributed by atoms with van der Waals surface area (Å²) in [7, 11) is 0. The van der Waals surface area contributed by atoms with E-state index in [-0.39, 0.29) is 0 Å². The summed E-state index contributed by atoms with van der Waals surface area (Å²) >= 11 is 0. The zero-order chi connectivity index (χ0) is 11.3. The molecule has 0 unspecified atom stereocenters. The quantitative estimate of drug-likeness (QED) is 0.773. The highest BCUT2D eigenvalue weighted by atomic mass is 14.9. The van der Waals surface area contributed by atoms with Crippen LogP contribution >= 0.6 is 0 Å². The van der Waals surface area contributed by atoms with E-state index in [2.05, 4.69) is 57.3 Å². The van der Waals surface area contributed by atoms with Crippen molar-refractivity contribution in [3.05, 3.63) is 35.4 Å². The van der Waals surface area contributed by atoms with Crippen molar-refractivity contribution in [1.82, 2.24) is 5.32 Å². The summed E-state index contributed by atoms with van der Waals surface area (Å²) in [5, 5.41) is 3.58. The third kappa shape index (κ3) is 3.67. The number of rotatable bonds is 5. The smallest absolute Gasteiger partial charge is 0.0294 e. The Hall–Kier alpha value is -0.820. The minimum Gasteiger partial charge on any atom is -0.308 e. The van der Waals surface area contributed by atoms with E-state index in [0.717, 1.165) is 6.42 Å². The molecule has 0 bridgehead atoms. The predicted octanol–water partition coefficient (Wildman–Crippen LogP) is 3.70. The van der Waals surface area contributed by atoms with E-state index in [1.165, 1.54) is 17.5 Å². The molecule has 15 heavy (non-hydrogen) atoms. The van der Waals surface area contributed by atoms with Gasteiger partial charge in [0, 0.05) is 12.1 Å². The van der Waals surface area contributed by atoms with Gasteiger partial charge < -0.3 is 5.32 Å². The van der Waals surface area contributed by atoms with Crippen LogP contribution in [0.1, 0.15) is 51.3 Å². The Morgan fingerprint density at radius 2 is 1.67 bits per heavy atom. The highest BCUT2D eigenvalue weighted by Gasteiger charge is 2.07. The maximum Gasteiger partial charge on any atom is 0.0294 e. The first-order valence-corrected chi connectivity index (χ1v) is 6.02. The maximum atomic E-state index is 3.58. The Kier molecular flexibility index (Phi) is 4.83. The lowest BCUT2D eigenvalue weighted by molar-refractivity contribution is 0.469. The van der Waals surface area contributed by atoms with E-state index in [4.69, 9.17) is 0 Å². The summed E-state index contributed by atoms with van der Waals surface area (Å²) in [6.07, 6.45) is 2.30. The van der Waals surface area contributed by atoms with E-state index in [1.807, 2.05) is 0 Å². The van der Waals surface area contributed by atoms with Crippen LogP contribution in [-0.4, -0.2) is 6.04 Å². The van der Waals surface area contributed by atoms with Crippen molar-refractivity contribution in [2.75, 3.05) is 0 Å². The lowest BCUT2D eigenvalue weighted by Crippen LogP contribution is -2.28. The molecular formula is C14H23N. The third-order valence-electron chi connectivity index (χ3n) is 3.03. The van der Waals surface area contributed by atoms with Gasteiger partial charge in [-0.25, -0.2) is 0 Å². The van der Waals surface area contributed by atoms with Crippen LogP contribution in [0.5, 0.6) is 0 Å². The minimum atomic E-state index is 0.450. The van der Waals surface area contributed by atoms with Gasteiger partial charge in [-0.2, -0.15) is 0 Å². The zero-order valence-electron chi connectivity index (χ0n) is 10.4. The van der Waals surface area contributed by atoms with Crippen molar-refractivity contribution in [3.8, 4) is 0 Å². The Morgan fingerprint density at radius 3 is 2.13 bits per heavy atom. The van der Waals surface area contributed by atoms with Crippen LogP contribution in [0.25, 0.3) is 0 Å². The molecule has 1 aromatic rings. The Morgan fingerprint density at radius 1 is 1.07 bits per heavy atom. The largest absolute Gasteiger partial charge is 0.308 e. The summed E-state index contributed by atoms with van der Waals surface area (Å²) in [5.74, 6) is 0. The molecule has 0 amide bonds. The van der Waals surface area contributed by atoms with E-state index >= 15 is 0 Å². The zero-order valence-corrected chi connectivity index (χ0v) is 10.4. The average molecular weight is 205 g/mol. The Bertz CT molecular complexity index is 276. The molecule has 0 aliphatic carbocycles. The van der Waals surface area contributed by atoms with Crippen molar-refractivity contribution in [3.63, 3.8) is 0 Å². The van der Waals surface area contributed by atoms with Crippen LogP contribution in [0.3, 0.4) is 0 Å². The van der Waals surface area contributed by atoms with Gasteiger partial charge in [0.05, 0.1) is 0 Å². The van der Waals surface area contributed by atoms with Crippen molar-refractivity contribution < 1.29 is 0 Å². The molecule has 0 aliphatic rings. The van der Waals surface area contributed by atoms with E-state index in [9.17, 15) is 0 Å². The summed E-state index contributed by atoms with van der Waals surface area (Å²) in [6.45, 7) is 8.87. The molecule has 0 saturated heterocycles. The highest BCUT2D eigenvalue weighted by Crippen LogP contribution is 2.14. The third-order valence-corrected chi connectivity index (χ3v) is 3.03. The van der Waals surface area contributed by atoms with E-state index in [1.54, 1.807) is 0 Å². The van der Waals surface area contributed by atoms with Crippen LogP contribution in [0.4, 0.5) is 0 Å². The van der Waals surface area contributed by atoms with Crippen LogP contribution in [0.2, 0.25) is 0 Å². The molecular weight excluding hydrogens is 182 g/mol. The van der Waals surface area contributed by atoms with Crippen molar-refractivity contribution >= 4 is 0 Å². The molecule has 0 aromatic heterocycles. The lowest BCUT2D eigenvalue weighted by Gasteiger charge is -2.19. The monoisotopic (exact) mass is 205 g/mol. The number of nitrogens with one attached hydrogen (secondary N) is 1. The SMILES string of the molecule is CCc1ccc([C@H](C)N[C@@H](C)CC)cc1. The highest BCUT2D eigenvalue weighted by molar-refractivity contribution is 5.24. The first-order chi connectivity index (χ1) is 7.17. The molecule has 1 aromatic carbocycles. The predicted molar refractivity (Wildman–Crippen MR) is 67.1 cm³/mol. The summed E-state index contributed by atoms with van der Waals surface area (Å²) in [5.41, 5.74) is 2.79. The standard InChI is InChI=1S/C14H23N/c1-5-11(3)15-12(4)14-9-7-13(6-2)8-10-14/h7-12,15H,5-6H2,1-4H3/t11-,12-/m0/s1. The Balaban J connectivity index is 2.61. The molecule has 1 nitrogen and oxygen atoms in total. The minimum absolute atomic E-state index is 0.450. The molecule has 1 rings (SSSR count). The molecule has 0 saturated carbocycles. The van der Waals surface area contributed by atoms with Gasteiger partial charge >= 0.3 is 0 Å². The number of benzene rings is 1. The second kappa shape index (κ2) is 5.92. The molecule has 0 spiro atoms. The fourth-order valence-electron chi connectivity index (χ4n) is 1.68. The second-order valence-electron chi connectivity index (χ2n) is 4.29. The van der Waals surface area contributed by atoms with Gasteiger partial charge in [0.25, 0.3) is 0 Å². The van der Waals surface area contributed by atoms with Gasteiger partial charge in [0.15, 0.2) is 0 Å². The van der Waals surface area contributed by atoms with E-state index < -0.39 is 0 Å². The normalized spacial score (nSPS) is 14.9. The molecule has 0 fully saturated rings. The van der Waals surface area contributed by atoms with Gasteiger partial charge in [-0.3, -0.25) is 0 Å². The van der Waals surface area contributed by atoms with Crippen LogP contribution in [-0.2, 0) is 6.42 Å². The Labute approximate surface area is 93.9 Å². The fourth-order valence-corrected chi connectivity index (χ4v) is 1.68. The molecule has 1 N–H and O–H groups in total. The van der Waals surface area contributed by atoms with Gasteiger partial charge in [-0.1, -0.05) is 38.1 Å². The lowest BCUT2D eigenvalue weighted by atomic mass is 10.0. The second-order valence-corrected chi connectivity index (χ2v) is 4.29. The maximum absolute atomic E-state index is 3.58. The van der Waals surface area contributed by atoms with Crippen molar-refractivity contribution in [2.24, 2.45) is 0 Å². The topological polar surface area (TPSA) is 12.0 Å². The first-order valence-electron chi connectivity index (χ1n) is 6.02. The van der Waals surface area contributed by atoms with Gasteiger partial charge in [0.1, 0.15) is 0 Å². The van der Waals surface area contributed by atoms with Crippen molar-refractivity contribution in [2.45, 2.75) is 52.6 Å². The van der Waals surface area contributed by atoms with Gasteiger partial charge in [-0.15, -0.1) is 0 Å². The van der Waals surface area contributed by atoms with Gasteiger partial charge in [0.2, 0.25) is 0 Å². The number of hydrogen-bond donors (Lipinski definition) is 1. The van der Waals surface area contributed by atoms with E-state index in [0.29, 0.717) is 12.1 Å². The average Bonchev–Trinajstić information content (AvgIpc) is 2.29. The molecule has 0 radical (unpaired) electrons. The molecule has 0 aliphatic heterocycles. The summed E-state index contributed by atoms with van der Waals surface area (Å²) in [6, 6.07) is 9.96.